The van der Waals surface area contributed by atoms with Crippen LogP contribution in [-0.2, 0) is 4.79 Å². The van der Waals surface area contributed by atoms with Gasteiger partial charge in [0.05, 0.1) is 0 Å². The molecule has 0 atom stereocenters. The topological polar surface area (TPSA) is 68.0 Å². The van der Waals surface area contributed by atoms with Crippen molar-refractivity contribution in [3.05, 3.63) is 67.4 Å². The SMILES string of the molecule is C=CC(N)=O.c1ccc(Nc2ccccn2)cc1. The third kappa shape index (κ3) is 5.46. The highest BCUT2D eigenvalue weighted by Crippen LogP contribution is 2.11. The normalized spacial score (nSPS) is 8.67. The third-order valence-corrected chi connectivity index (χ3v) is 1.91. The van der Waals surface area contributed by atoms with Crippen LogP contribution in [0.5, 0.6) is 0 Å². The van der Waals surface area contributed by atoms with Gasteiger partial charge < -0.3 is 11.1 Å². The number of amides is 1. The zero-order valence-corrected chi connectivity index (χ0v) is 9.91. The Morgan fingerprint density at radius 3 is 2.28 bits per heavy atom. The van der Waals surface area contributed by atoms with E-state index in [0.29, 0.717) is 0 Å². The fourth-order valence-corrected chi connectivity index (χ4v) is 1.11. The van der Waals surface area contributed by atoms with Crippen molar-refractivity contribution in [3.63, 3.8) is 0 Å². The van der Waals surface area contributed by atoms with E-state index in [1.165, 1.54) is 0 Å². The molecule has 1 heterocycles. The zero-order valence-electron chi connectivity index (χ0n) is 9.91. The predicted molar refractivity (Wildman–Crippen MR) is 73.4 cm³/mol. The molecular formula is C14H15N3O. The van der Waals surface area contributed by atoms with Crippen LogP contribution in [0.15, 0.2) is 67.4 Å². The van der Waals surface area contributed by atoms with Crippen molar-refractivity contribution in [3.8, 4) is 0 Å². The molecule has 0 spiro atoms. The molecule has 1 aromatic heterocycles. The highest BCUT2D eigenvalue weighted by molar-refractivity contribution is 5.84. The van der Waals surface area contributed by atoms with E-state index in [2.05, 4.69) is 22.6 Å². The van der Waals surface area contributed by atoms with Crippen LogP contribution in [-0.4, -0.2) is 10.9 Å². The lowest BCUT2D eigenvalue weighted by Gasteiger charge is -2.03. The number of para-hydroxylation sites is 1. The molecule has 0 fully saturated rings. The molecule has 0 saturated carbocycles. The van der Waals surface area contributed by atoms with Crippen LogP contribution in [0.2, 0.25) is 0 Å². The third-order valence-electron chi connectivity index (χ3n) is 1.91. The van der Waals surface area contributed by atoms with Crippen molar-refractivity contribution in [2.45, 2.75) is 0 Å². The van der Waals surface area contributed by atoms with Crippen LogP contribution >= 0.6 is 0 Å². The van der Waals surface area contributed by atoms with E-state index in [1.807, 2.05) is 48.5 Å². The van der Waals surface area contributed by atoms with E-state index in [-0.39, 0.29) is 0 Å². The van der Waals surface area contributed by atoms with Gasteiger partial charge in [0.2, 0.25) is 5.91 Å². The number of anilines is 2. The van der Waals surface area contributed by atoms with Crippen LogP contribution in [0.4, 0.5) is 11.5 Å². The molecule has 0 radical (unpaired) electrons. The largest absolute Gasteiger partial charge is 0.366 e. The van der Waals surface area contributed by atoms with Gasteiger partial charge in [0.15, 0.2) is 0 Å². The number of benzene rings is 1. The number of nitrogens with zero attached hydrogens (tertiary/aromatic N) is 1. The molecule has 0 aliphatic carbocycles. The van der Waals surface area contributed by atoms with E-state index >= 15 is 0 Å². The van der Waals surface area contributed by atoms with Crippen molar-refractivity contribution >= 4 is 17.4 Å². The second-order valence-corrected chi connectivity index (χ2v) is 3.31. The lowest BCUT2D eigenvalue weighted by atomic mass is 10.3. The number of primary amides is 1. The van der Waals surface area contributed by atoms with Crippen LogP contribution < -0.4 is 11.1 Å². The highest BCUT2D eigenvalue weighted by Gasteiger charge is 1.91. The summed E-state index contributed by atoms with van der Waals surface area (Å²) in [4.78, 5) is 13.6. The number of carbonyl (C=O) groups excluding carboxylic acids is 1. The Bertz CT molecular complexity index is 445. The Morgan fingerprint density at radius 1 is 1.17 bits per heavy atom. The Morgan fingerprint density at radius 2 is 1.78 bits per heavy atom. The van der Waals surface area contributed by atoms with Gasteiger partial charge in [0.25, 0.3) is 0 Å². The number of hydrogen-bond donors (Lipinski definition) is 2. The molecule has 2 aromatic rings. The highest BCUT2D eigenvalue weighted by atomic mass is 16.1. The van der Waals surface area contributed by atoms with Crippen LogP contribution in [0.1, 0.15) is 0 Å². The maximum absolute atomic E-state index is 9.47. The molecule has 4 heteroatoms. The molecular weight excluding hydrogens is 226 g/mol. The number of nitrogens with two attached hydrogens (primary N) is 1. The fourth-order valence-electron chi connectivity index (χ4n) is 1.11. The Balaban J connectivity index is 0.000000280. The Labute approximate surface area is 106 Å². The average molecular weight is 241 g/mol. The fraction of sp³-hybridized carbons (Fsp3) is 0. The summed E-state index contributed by atoms with van der Waals surface area (Å²) in [6, 6.07) is 15.8. The van der Waals surface area contributed by atoms with Gasteiger partial charge in [-0.1, -0.05) is 30.8 Å². The van der Waals surface area contributed by atoms with Gasteiger partial charge in [-0.25, -0.2) is 4.98 Å². The minimum absolute atomic E-state index is 0.481. The van der Waals surface area contributed by atoms with Crippen LogP contribution in [0, 0.1) is 0 Å². The van der Waals surface area contributed by atoms with E-state index < -0.39 is 5.91 Å². The standard InChI is InChI=1S/C11H10N2.C3H5NO/c1-2-6-10(7-3-1)13-11-8-4-5-9-12-11;1-2-3(4)5/h1-9H,(H,12,13);2H,1H2,(H2,4,5). The van der Waals surface area contributed by atoms with Gasteiger partial charge >= 0.3 is 0 Å². The molecule has 92 valence electrons. The van der Waals surface area contributed by atoms with Crippen LogP contribution in [0.3, 0.4) is 0 Å². The summed E-state index contributed by atoms with van der Waals surface area (Å²) in [5, 5.41) is 3.19. The second-order valence-electron chi connectivity index (χ2n) is 3.31. The molecule has 18 heavy (non-hydrogen) atoms. The van der Waals surface area contributed by atoms with Crippen molar-refractivity contribution in [2.75, 3.05) is 5.32 Å². The number of nitrogens with one attached hydrogen (secondary N) is 1. The number of aromatic nitrogens is 1. The number of pyridine rings is 1. The molecule has 0 bridgehead atoms. The lowest BCUT2D eigenvalue weighted by molar-refractivity contribution is -0.113. The molecule has 2 rings (SSSR count). The molecule has 4 nitrogen and oxygen atoms in total. The van der Waals surface area contributed by atoms with Gasteiger partial charge in [0.1, 0.15) is 5.82 Å². The summed E-state index contributed by atoms with van der Waals surface area (Å²) >= 11 is 0. The van der Waals surface area contributed by atoms with Crippen molar-refractivity contribution in [2.24, 2.45) is 5.73 Å². The molecule has 0 aliphatic rings. The van der Waals surface area contributed by atoms with E-state index in [4.69, 9.17) is 0 Å². The summed E-state index contributed by atoms with van der Waals surface area (Å²) in [6.07, 6.45) is 2.82. The van der Waals surface area contributed by atoms with Gasteiger partial charge in [0, 0.05) is 11.9 Å². The van der Waals surface area contributed by atoms with Crippen LogP contribution in [0.25, 0.3) is 0 Å². The first-order chi connectivity index (χ1) is 8.72. The van der Waals surface area contributed by atoms with Gasteiger partial charge in [-0.2, -0.15) is 0 Å². The quantitative estimate of drug-likeness (QED) is 0.811. The summed E-state index contributed by atoms with van der Waals surface area (Å²) in [5.74, 6) is 0.388. The van der Waals surface area contributed by atoms with Gasteiger partial charge in [-0.3, -0.25) is 4.79 Å². The Kier molecular flexibility index (Phi) is 5.69. The van der Waals surface area contributed by atoms with E-state index in [0.717, 1.165) is 17.6 Å². The molecule has 0 unspecified atom stereocenters. The predicted octanol–water partition coefficient (Wildman–Crippen LogP) is 2.48. The monoisotopic (exact) mass is 241 g/mol. The molecule has 3 N–H and O–H groups in total. The van der Waals surface area contributed by atoms with E-state index in [1.54, 1.807) is 6.20 Å². The van der Waals surface area contributed by atoms with Crippen molar-refractivity contribution in [1.82, 2.24) is 4.98 Å². The summed E-state index contributed by atoms with van der Waals surface area (Å²) in [6.45, 7) is 3.09. The number of rotatable bonds is 3. The van der Waals surface area contributed by atoms with E-state index in [9.17, 15) is 4.79 Å². The maximum Gasteiger partial charge on any atom is 0.240 e. The molecule has 1 amide bonds. The molecule has 0 aliphatic heterocycles. The first kappa shape index (κ1) is 13.4. The summed E-state index contributed by atoms with van der Waals surface area (Å²) in [5.41, 5.74) is 5.59. The summed E-state index contributed by atoms with van der Waals surface area (Å²) < 4.78 is 0. The minimum Gasteiger partial charge on any atom is -0.366 e. The average Bonchev–Trinajstić information content (AvgIpc) is 2.42. The van der Waals surface area contributed by atoms with Gasteiger partial charge in [-0.15, -0.1) is 0 Å². The number of hydrogen-bond acceptors (Lipinski definition) is 3. The van der Waals surface area contributed by atoms with Crippen molar-refractivity contribution in [1.29, 1.82) is 0 Å². The van der Waals surface area contributed by atoms with Gasteiger partial charge in [-0.05, 0) is 30.3 Å². The molecule has 0 saturated heterocycles. The molecule has 1 aromatic carbocycles. The smallest absolute Gasteiger partial charge is 0.240 e. The summed E-state index contributed by atoms with van der Waals surface area (Å²) in [7, 11) is 0. The lowest BCUT2D eigenvalue weighted by Crippen LogP contribution is -2.04. The Hall–Kier alpha value is -2.62. The minimum atomic E-state index is -0.481. The second kappa shape index (κ2) is 7.62. The van der Waals surface area contributed by atoms with Crippen molar-refractivity contribution < 1.29 is 4.79 Å². The zero-order chi connectivity index (χ0) is 13.2. The number of carbonyl (C=O) groups is 1. The first-order valence-electron chi connectivity index (χ1n) is 5.37. The first-order valence-corrected chi connectivity index (χ1v) is 5.37. The maximum atomic E-state index is 9.47.